The highest BCUT2D eigenvalue weighted by atomic mass is 19.3. The highest BCUT2D eigenvalue weighted by Crippen LogP contribution is 2.50. The van der Waals surface area contributed by atoms with Gasteiger partial charge in [0.05, 0.1) is 34.9 Å². The van der Waals surface area contributed by atoms with Crippen LogP contribution < -0.4 is 10.2 Å². The van der Waals surface area contributed by atoms with E-state index in [2.05, 4.69) is 10.4 Å². The number of hydrogen-bond acceptors (Lipinski definition) is 3. The van der Waals surface area contributed by atoms with Crippen molar-refractivity contribution < 1.29 is 22.8 Å². The van der Waals surface area contributed by atoms with Gasteiger partial charge in [-0.3, -0.25) is 9.59 Å². The van der Waals surface area contributed by atoms with Crippen molar-refractivity contribution in [3.8, 4) is 5.69 Å². The van der Waals surface area contributed by atoms with Crippen LogP contribution in [0, 0.1) is 17.2 Å². The second-order valence-corrected chi connectivity index (χ2v) is 10.6. The van der Waals surface area contributed by atoms with E-state index in [9.17, 15) is 22.8 Å². The first-order valence-corrected chi connectivity index (χ1v) is 13.0. The maximum atomic E-state index is 14.1. The van der Waals surface area contributed by atoms with Crippen molar-refractivity contribution in [3.63, 3.8) is 0 Å². The second kappa shape index (κ2) is 9.55. The van der Waals surface area contributed by atoms with E-state index in [1.807, 2.05) is 30.3 Å². The Morgan fingerprint density at radius 3 is 2.41 bits per heavy atom. The lowest BCUT2D eigenvalue weighted by Crippen LogP contribution is -2.49. The van der Waals surface area contributed by atoms with Crippen LogP contribution in [0.3, 0.4) is 0 Å². The minimum Gasteiger partial charge on any atom is -0.350 e. The number of fused-ring (bicyclic) bond motifs is 1. The molecular weight excluding hydrogens is 505 g/mol. The second-order valence-electron chi connectivity index (χ2n) is 10.6. The first kappa shape index (κ1) is 25.2. The van der Waals surface area contributed by atoms with Gasteiger partial charge in [0, 0.05) is 23.4 Å². The molecule has 9 heteroatoms. The first-order valence-electron chi connectivity index (χ1n) is 13.0. The van der Waals surface area contributed by atoms with Gasteiger partial charge >= 0.3 is 0 Å². The quantitative estimate of drug-likeness (QED) is 0.327. The Morgan fingerprint density at radius 2 is 1.74 bits per heavy atom. The van der Waals surface area contributed by atoms with Crippen molar-refractivity contribution in [2.45, 2.75) is 44.7 Å². The lowest BCUT2D eigenvalue weighted by molar-refractivity contribution is -0.129. The van der Waals surface area contributed by atoms with E-state index in [-0.39, 0.29) is 17.6 Å². The number of halogens is 3. The van der Waals surface area contributed by atoms with Crippen LogP contribution in [0.5, 0.6) is 0 Å². The Labute approximate surface area is 223 Å². The third-order valence-corrected chi connectivity index (χ3v) is 7.85. The zero-order valence-corrected chi connectivity index (χ0v) is 21.2. The molecule has 1 saturated carbocycles. The Morgan fingerprint density at radius 1 is 1.05 bits per heavy atom. The number of anilines is 1. The molecule has 2 amide bonds. The molecule has 1 saturated heterocycles. The maximum absolute atomic E-state index is 14.1. The molecule has 1 aliphatic heterocycles. The van der Waals surface area contributed by atoms with Gasteiger partial charge in [-0.15, -0.1) is 0 Å². The molecule has 1 aromatic heterocycles. The minimum atomic E-state index is -2.73. The zero-order chi connectivity index (χ0) is 27.3. The van der Waals surface area contributed by atoms with Gasteiger partial charge in [0.2, 0.25) is 18.2 Å². The summed E-state index contributed by atoms with van der Waals surface area (Å²) in [6.07, 6.45) is -0.247. The Bertz CT molecular complexity index is 1540. The third-order valence-electron chi connectivity index (χ3n) is 7.85. The molecule has 0 bridgehead atoms. The number of nitrogens with one attached hydrogen (secondary N) is 1. The van der Waals surface area contributed by atoms with E-state index in [0.29, 0.717) is 11.4 Å². The van der Waals surface area contributed by atoms with Crippen LogP contribution in [0.25, 0.3) is 16.6 Å². The summed E-state index contributed by atoms with van der Waals surface area (Å²) in [4.78, 5) is 28.6. The summed E-state index contributed by atoms with van der Waals surface area (Å²) in [5.74, 6) is -1.17. The van der Waals surface area contributed by atoms with Crippen LogP contribution in [-0.4, -0.2) is 34.1 Å². The van der Waals surface area contributed by atoms with Crippen LogP contribution >= 0.6 is 0 Å². The summed E-state index contributed by atoms with van der Waals surface area (Å²) in [7, 11) is 0. The Balaban J connectivity index is 1.46. The molecule has 6 nitrogen and oxygen atoms in total. The molecule has 4 aromatic rings. The number of amides is 2. The first-order chi connectivity index (χ1) is 18.8. The van der Waals surface area contributed by atoms with Crippen molar-refractivity contribution in [1.29, 1.82) is 0 Å². The van der Waals surface area contributed by atoms with Crippen molar-refractivity contribution in [3.05, 3.63) is 90.4 Å². The monoisotopic (exact) mass is 532 g/mol. The van der Waals surface area contributed by atoms with Gasteiger partial charge in [0.1, 0.15) is 5.82 Å². The normalized spacial score (nSPS) is 23.1. The molecule has 3 atom stereocenters. The number of benzene rings is 3. The predicted octanol–water partition coefficient (Wildman–Crippen LogP) is 5.81. The van der Waals surface area contributed by atoms with E-state index in [0.717, 1.165) is 29.3 Å². The van der Waals surface area contributed by atoms with E-state index in [1.54, 1.807) is 46.1 Å². The summed E-state index contributed by atoms with van der Waals surface area (Å²) in [5, 5.41) is 8.16. The zero-order valence-electron chi connectivity index (χ0n) is 21.2. The molecule has 0 spiro atoms. The molecular formula is C30H27F3N4O2. The van der Waals surface area contributed by atoms with Crippen LogP contribution in [-0.2, 0) is 9.59 Å². The topological polar surface area (TPSA) is 67.2 Å². The molecule has 3 aromatic carbocycles. The summed E-state index contributed by atoms with van der Waals surface area (Å²) >= 11 is 0. The molecule has 1 aliphatic carbocycles. The number of aromatic nitrogens is 2. The fourth-order valence-corrected chi connectivity index (χ4v) is 5.65. The van der Waals surface area contributed by atoms with Gasteiger partial charge in [-0.05, 0) is 67.8 Å². The SMILES string of the molecule is C[C@@]1(CC(F)F)C(=O)N(c2ccc3c(cnn3-c3ccc(F)cc3)c2)[C@H](c2ccccc2)[C@H]1NC(=O)C1CC1. The predicted molar refractivity (Wildman–Crippen MR) is 141 cm³/mol. The van der Waals surface area contributed by atoms with Crippen LogP contribution in [0.15, 0.2) is 79.0 Å². The van der Waals surface area contributed by atoms with Crippen molar-refractivity contribution in [2.24, 2.45) is 11.3 Å². The van der Waals surface area contributed by atoms with Gasteiger partial charge in [-0.1, -0.05) is 30.3 Å². The number of alkyl halides is 2. The van der Waals surface area contributed by atoms with Gasteiger partial charge < -0.3 is 10.2 Å². The van der Waals surface area contributed by atoms with Crippen LogP contribution in [0.4, 0.5) is 18.9 Å². The summed E-state index contributed by atoms with van der Waals surface area (Å²) in [6.45, 7) is 1.53. The lowest BCUT2D eigenvalue weighted by atomic mass is 9.77. The summed E-state index contributed by atoms with van der Waals surface area (Å²) < 4.78 is 43.0. The van der Waals surface area contributed by atoms with Crippen LogP contribution in [0.1, 0.15) is 37.8 Å². The molecule has 2 aliphatic rings. The summed E-state index contributed by atoms with van der Waals surface area (Å²) in [5.41, 5.74) is 1.15. The highest BCUT2D eigenvalue weighted by molar-refractivity contribution is 6.04. The van der Waals surface area contributed by atoms with Gasteiger partial charge in [0.15, 0.2) is 0 Å². The average Bonchev–Trinajstić information content (AvgIpc) is 3.66. The van der Waals surface area contributed by atoms with E-state index >= 15 is 0 Å². The van der Waals surface area contributed by atoms with Gasteiger partial charge in [-0.25, -0.2) is 17.9 Å². The highest BCUT2D eigenvalue weighted by Gasteiger charge is 2.59. The average molecular weight is 533 g/mol. The number of carbonyl (C=O) groups excluding carboxylic acids is 2. The fraction of sp³-hybridized carbons (Fsp3) is 0.300. The van der Waals surface area contributed by atoms with Gasteiger partial charge in [-0.2, -0.15) is 5.10 Å². The molecule has 6 rings (SSSR count). The van der Waals surface area contributed by atoms with Crippen molar-refractivity contribution in [2.75, 3.05) is 4.90 Å². The number of hydrogen-bond donors (Lipinski definition) is 1. The fourth-order valence-electron chi connectivity index (χ4n) is 5.65. The van der Waals surface area contributed by atoms with Crippen molar-refractivity contribution in [1.82, 2.24) is 15.1 Å². The summed E-state index contributed by atoms with van der Waals surface area (Å²) in [6, 6.07) is 19.0. The van der Waals surface area contributed by atoms with Crippen LogP contribution in [0.2, 0.25) is 0 Å². The number of rotatable bonds is 7. The maximum Gasteiger partial charge on any atom is 0.239 e. The molecule has 0 radical (unpaired) electrons. The standard InChI is InChI=1S/C30H27F3N4O2/c1-30(16-25(32)33)27(35-28(38)19-7-8-19)26(18-5-3-2-4-6-18)36(29(30)39)23-13-14-24-20(15-23)17-34-37(24)22-11-9-21(31)10-12-22/h2-6,9-15,17,19,25-27H,7-8,16H2,1H3,(H,35,38)/t26-,27-,30+/m1/s1. The molecule has 1 N–H and O–H groups in total. The lowest BCUT2D eigenvalue weighted by Gasteiger charge is -2.32. The molecule has 2 fully saturated rings. The Kier molecular flexibility index (Phi) is 6.16. The number of carbonyl (C=O) groups is 2. The van der Waals surface area contributed by atoms with E-state index < -0.39 is 36.3 Å². The molecule has 39 heavy (non-hydrogen) atoms. The number of nitrogens with zero attached hydrogens (tertiary/aromatic N) is 3. The minimum absolute atomic E-state index is 0.143. The molecule has 200 valence electrons. The molecule has 2 heterocycles. The van der Waals surface area contributed by atoms with Crippen molar-refractivity contribution >= 4 is 28.4 Å². The third kappa shape index (κ3) is 4.45. The Hall–Kier alpha value is -4.14. The molecule has 0 unspecified atom stereocenters. The largest absolute Gasteiger partial charge is 0.350 e. The van der Waals surface area contributed by atoms with E-state index in [4.69, 9.17) is 0 Å². The van der Waals surface area contributed by atoms with Gasteiger partial charge in [0.25, 0.3) is 0 Å². The smallest absolute Gasteiger partial charge is 0.239 e. The van der Waals surface area contributed by atoms with E-state index in [1.165, 1.54) is 19.1 Å².